The number of nitrogens with one attached hydrogen (secondary N) is 1. The maximum atomic E-state index is 13.6. The number of ether oxygens (including phenoxy) is 5. The average molecular weight is 466 g/mol. The molecule has 0 aliphatic carbocycles. The van der Waals surface area contributed by atoms with Crippen LogP contribution in [0.5, 0.6) is 23.0 Å². The lowest BCUT2D eigenvalue weighted by Crippen LogP contribution is -2.39. The first-order valence-corrected chi connectivity index (χ1v) is 10.9. The molecule has 0 bridgehead atoms. The van der Waals surface area contributed by atoms with Crippen LogP contribution in [0.15, 0.2) is 41.6 Å². The zero-order chi connectivity index (χ0) is 24.2. The predicted molar refractivity (Wildman–Crippen MR) is 123 cm³/mol. The summed E-state index contributed by atoms with van der Waals surface area (Å²) in [6.07, 6.45) is -0.686. The fourth-order valence-corrected chi connectivity index (χ4v) is 4.42. The van der Waals surface area contributed by atoms with E-state index in [9.17, 15) is 9.59 Å². The molecule has 0 spiro atoms. The number of hydrogen-bond acceptors (Lipinski definition) is 8. The average Bonchev–Trinajstić information content (AvgIpc) is 3.38. The summed E-state index contributed by atoms with van der Waals surface area (Å²) in [5.41, 5.74) is 2.74. The van der Waals surface area contributed by atoms with E-state index in [0.29, 0.717) is 34.3 Å². The number of imide groups is 1. The van der Waals surface area contributed by atoms with Gasteiger partial charge in [0, 0.05) is 29.4 Å². The second kappa shape index (κ2) is 7.86. The Hall–Kier alpha value is -3.88. The summed E-state index contributed by atoms with van der Waals surface area (Å²) in [5, 5.41) is 3.33. The summed E-state index contributed by atoms with van der Waals surface area (Å²) in [5.74, 6) is 1.49. The number of fused-ring (bicyclic) bond motifs is 2. The molecule has 0 aromatic heterocycles. The van der Waals surface area contributed by atoms with Crippen LogP contribution in [0.4, 0.5) is 10.5 Å². The van der Waals surface area contributed by atoms with Gasteiger partial charge in [0.05, 0.1) is 26.3 Å². The van der Waals surface area contributed by atoms with Crippen molar-refractivity contribution in [3.8, 4) is 23.0 Å². The molecule has 2 aromatic carbocycles. The van der Waals surface area contributed by atoms with E-state index in [1.807, 2.05) is 24.3 Å². The highest BCUT2D eigenvalue weighted by Gasteiger charge is 2.45. The van der Waals surface area contributed by atoms with Crippen molar-refractivity contribution >= 4 is 17.7 Å². The van der Waals surface area contributed by atoms with Gasteiger partial charge in [-0.3, -0.25) is 4.79 Å². The summed E-state index contributed by atoms with van der Waals surface area (Å²) in [6, 6.07) is 9.21. The standard InChI is InChI=1S/C25H26N2O7/c1-25(2,3)34-24(29)27-11-18-22(23(27)28)21(13-6-14(30-4)8-15(7-13)31-5)16-9-19-20(33-12-32-19)10-17(16)26-18/h6-10,21,26H,11-12H2,1-5H3. The minimum atomic E-state index is -0.730. The van der Waals surface area contributed by atoms with Gasteiger partial charge in [-0.05, 0) is 50.1 Å². The van der Waals surface area contributed by atoms with E-state index in [1.165, 1.54) is 0 Å². The Bertz CT molecular complexity index is 1210. The Balaban J connectivity index is 1.63. The molecule has 9 heteroatoms. The number of carbonyl (C=O) groups is 2. The third kappa shape index (κ3) is 3.67. The van der Waals surface area contributed by atoms with Gasteiger partial charge in [-0.25, -0.2) is 9.69 Å². The summed E-state index contributed by atoms with van der Waals surface area (Å²) in [6.45, 7) is 5.50. The number of hydrogen-bond donors (Lipinski definition) is 1. The van der Waals surface area contributed by atoms with Crippen molar-refractivity contribution in [1.82, 2.24) is 4.90 Å². The molecule has 178 valence electrons. The molecule has 9 nitrogen and oxygen atoms in total. The highest BCUT2D eigenvalue weighted by Crippen LogP contribution is 2.50. The first kappa shape index (κ1) is 21.9. The predicted octanol–water partition coefficient (Wildman–Crippen LogP) is 4.02. The van der Waals surface area contributed by atoms with E-state index >= 15 is 0 Å². The summed E-state index contributed by atoms with van der Waals surface area (Å²) >= 11 is 0. The summed E-state index contributed by atoms with van der Waals surface area (Å²) in [4.78, 5) is 27.6. The minimum Gasteiger partial charge on any atom is -0.497 e. The SMILES string of the molecule is COc1cc(OC)cc(C2C3=C(CN(C(=O)OC(C)(C)C)C3=O)Nc3cc4c(cc32)OCO4)c1. The van der Waals surface area contributed by atoms with Crippen molar-refractivity contribution in [3.63, 3.8) is 0 Å². The van der Waals surface area contributed by atoms with Crippen molar-refractivity contribution in [3.05, 3.63) is 52.7 Å². The number of anilines is 1. The normalized spacial score (nSPS) is 18.3. The lowest BCUT2D eigenvalue weighted by atomic mass is 9.80. The monoisotopic (exact) mass is 466 g/mol. The van der Waals surface area contributed by atoms with E-state index in [4.69, 9.17) is 23.7 Å². The van der Waals surface area contributed by atoms with E-state index in [1.54, 1.807) is 41.1 Å². The molecule has 0 saturated heterocycles. The van der Waals surface area contributed by atoms with Crippen molar-refractivity contribution < 1.29 is 33.3 Å². The van der Waals surface area contributed by atoms with Crippen LogP contribution in [-0.2, 0) is 9.53 Å². The lowest BCUT2D eigenvalue weighted by Gasteiger charge is -2.28. The van der Waals surface area contributed by atoms with Crippen molar-refractivity contribution in [2.24, 2.45) is 0 Å². The van der Waals surface area contributed by atoms with E-state index in [-0.39, 0.29) is 13.3 Å². The Morgan fingerprint density at radius 2 is 1.68 bits per heavy atom. The number of rotatable bonds is 3. The lowest BCUT2D eigenvalue weighted by molar-refractivity contribution is -0.125. The molecule has 1 N–H and O–H groups in total. The second-order valence-corrected chi connectivity index (χ2v) is 9.26. The van der Waals surface area contributed by atoms with Crippen molar-refractivity contribution in [2.45, 2.75) is 32.3 Å². The minimum absolute atomic E-state index is 0.0779. The van der Waals surface area contributed by atoms with E-state index in [0.717, 1.165) is 21.7 Å². The van der Waals surface area contributed by atoms with E-state index in [2.05, 4.69) is 5.32 Å². The number of benzene rings is 2. The van der Waals surface area contributed by atoms with Crippen molar-refractivity contribution in [2.75, 3.05) is 32.9 Å². The highest BCUT2D eigenvalue weighted by atomic mass is 16.7. The van der Waals surface area contributed by atoms with Gasteiger partial charge in [0.1, 0.15) is 17.1 Å². The molecule has 2 aromatic rings. The molecular weight excluding hydrogens is 440 g/mol. The maximum absolute atomic E-state index is 13.6. The Labute approximate surface area is 197 Å². The molecular formula is C25H26N2O7. The van der Waals surface area contributed by atoms with Crippen LogP contribution in [-0.4, -0.2) is 50.1 Å². The Morgan fingerprint density at radius 1 is 1.03 bits per heavy atom. The number of carbonyl (C=O) groups excluding carboxylic acids is 2. The Morgan fingerprint density at radius 3 is 2.29 bits per heavy atom. The number of amides is 2. The van der Waals surface area contributed by atoms with Gasteiger partial charge < -0.3 is 29.0 Å². The zero-order valence-electron chi connectivity index (χ0n) is 19.7. The van der Waals surface area contributed by atoms with Crippen LogP contribution in [0.2, 0.25) is 0 Å². The zero-order valence-corrected chi connectivity index (χ0v) is 19.7. The van der Waals surface area contributed by atoms with Crippen LogP contribution < -0.4 is 24.3 Å². The fourth-order valence-electron chi connectivity index (χ4n) is 4.42. The summed E-state index contributed by atoms with van der Waals surface area (Å²) < 4.78 is 27.6. The molecule has 3 heterocycles. The Kier molecular flexibility index (Phi) is 5.07. The molecule has 0 saturated carbocycles. The van der Waals surface area contributed by atoms with Gasteiger partial charge in [0.15, 0.2) is 11.5 Å². The van der Waals surface area contributed by atoms with Crippen LogP contribution in [0.25, 0.3) is 0 Å². The van der Waals surface area contributed by atoms with Gasteiger partial charge in [0.25, 0.3) is 5.91 Å². The molecule has 0 fully saturated rings. The van der Waals surface area contributed by atoms with Gasteiger partial charge in [0.2, 0.25) is 6.79 Å². The van der Waals surface area contributed by atoms with Gasteiger partial charge in [-0.15, -0.1) is 0 Å². The fraction of sp³-hybridized carbons (Fsp3) is 0.360. The number of nitrogens with zero attached hydrogens (tertiary/aromatic N) is 1. The molecule has 0 radical (unpaired) electrons. The molecule has 3 aliphatic heterocycles. The molecule has 34 heavy (non-hydrogen) atoms. The van der Waals surface area contributed by atoms with Gasteiger partial charge in [-0.2, -0.15) is 0 Å². The van der Waals surface area contributed by atoms with Crippen LogP contribution >= 0.6 is 0 Å². The van der Waals surface area contributed by atoms with Crippen LogP contribution in [0.3, 0.4) is 0 Å². The topological polar surface area (TPSA) is 95.6 Å². The maximum Gasteiger partial charge on any atom is 0.417 e. The molecule has 2 amide bonds. The molecule has 5 rings (SSSR count). The van der Waals surface area contributed by atoms with Crippen LogP contribution in [0.1, 0.15) is 37.8 Å². The van der Waals surface area contributed by atoms with Crippen molar-refractivity contribution in [1.29, 1.82) is 0 Å². The van der Waals surface area contributed by atoms with Crippen LogP contribution in [0, 0.1) is 0 Å². The van der Waals surface area contributed by atoms with Gasteiger partial charge >= 0.3 is 6.09 Å². The molecule has 3 aliphatic rings. The van der Waals surface area contributed by atoms with Gasteiger partial charge in [-0.1, -0.05) is 0 Å². The smallest absolute Gasteiger partial charge is 0.417 e. The third-order valence-electron chi connectivity index (χ3n) is 5.87. The summed E-state index contributed by atoms with van der Waals surface area (Å²) in [7, 11) is 3.14. The third-order valence-corrected chi connectivity index (χ3v) is 5.87. The number of methoxy groups -OCH3 is 2. The molecule has 1 unspecified atom stereocenters. The second-order valence-electron chi connectivity index (χ2n) is 9.26. The first-order chi connectivity index (χ1) is 16.2. The van der Waals surface area contributed by atoms with E-state index < -0.39 is 23.5 Å². The largest absolute Gasteiger partial charge is 0.497 e. The molecule has 1 atom stereocenters. The first-order valence-electron chi connectivity index (χ1n) is 10.9. The quantitative estimate of drug-likeness (QED) is 0.725. The highest BCUT2D eigenvalue weighted by molar-refractivity contribution is 6.08.